The summed E-state index contributed by atoms with van der Waals surface area (Å²) in [5, 5.41) is 0. The Morgan fingerprint density at radius 3 is 2.47 bits per heavy atom. The first-order chi connectivity index (χ1) is 6.52. The average molecular weight is 232 g/mol. The van der Waals surface area contributed by atoms with Gasteiger partial charge in [0.2, 0.25) is 0 Å². The Balaban J connectivity index is 0.00000112. The summed E-state index contributed by atoms with van der Waals surface area (Å²) in [5.74, 6) is 0.206. The summed E-state index contributed by atoms with van der Waals surface area (Å²) in [7, 11) is 3.02. The Hall–Kier alpha value is -1.76. The van der Waals surface area contributed by atoms with Crippen LogP contribution in [0.5, 0.6) is 0 Å². The largest absolute Gasteiger partial charge is 0.383 e. The monoisotopic (exact) mass is 231 g/mol. The molecule has 2 aromatic heterocycles. The number of nitrogens with zero attached hydrogens (tertiary/aromatic N) is 3. The molecule has 0 fully saturated rings. The summed E-state index contributed by atoms with van der Waals surface area (Å²) in [6.07, 6.45) is 0. The van der Waals surface area contributed by atoms with Gasteiger partial charge >= 0.3 is 11.4 Å². The molecule has 2 heterocycles. The maximum atomic E-state index is 11.3. The molecular weight excluding hydrogens is 222 g/mol. The molecule has 7 nitrogen and oxygen atoms in total. The second-order valence-corrected chi connectivity index (χ2v) is 3.03. The Labute approximate surface area is 89.9 Å². The van der Waals surface area contributed by atoms with Crippen LogP contribution in [-0.2, 0) is 14.1 Å². The molecule has 0 aliphatic carbocycles. The van der Waals surface area contributed by atoms with Gasteiger partial charge in [0, 0.05) is 14.1 Å². The van der Waals surface area contributed by atoms with Gasteiger partial charge in [0.25, 0.3) is 0 Å². The SMILES string of the molecule is Cl.Cn1c(N)c2[nH]c(=O)n(C)c2nc1=O. The van der Waals surface area contributed by atoms with Gasteiger partial charge in [0.1, 0.15) is 11.3 Å². The molecular formula is C7H10ClN5O2. The Morgan fingerprint density at radius 1 is 1.27 bits per heavy atom. The van der Waals surface area contributed by atoms with Gasteiger partial charge in [-0.15, -0.1) is 12.4 Å². The first-order valence-electron chi connectivity index (χ1n) is 3.93. The minimum atomic E-state index is -0.482. The summed E-state index contributed by atoms with van der Waals surface area (Å²) in [6, 6.07) is 0. The molecule has 0 saturated carbocycles. The summed E-state index contributed by atoms with van der Waals surface area (Å²) < 4.78 is 2.42. The van der Waals surface area contributed by atoms with Crippen LogP contribution in [0.15, 0.2) is 9.59 Å². The number of aromatic nitrogens is 4. The molecule has 2 rings (SSSR count). The van der Waals surface area contributed by atoms with E-state index in [0.29, 0.717) is 5.52 Å². The first kappa shape index (κ1) is 11.3. The van der Waals surface area contributed by atoms with Gasteiger partial charge < -0.3 is 10.7 Å². The van der Waals surface area contributed by atoms with Crippen molar-refractivity contribution in [2.45, 2.75) is 0 Å². The molecule has 0 aliphatic rings. The fourth-order valence-electron chi connectivity index (χ4n) is 1.26. The van der Waals surface area contributed by atoms with Crippen molar-refractivity contribution < 1.29 is 0 Å². The van der Waals surface area contributed by atoms with E-state index < -0.39 is 5.69 Å². The van der Waals surface area contributed by atoms with Crippen molar-refractivity contribution >= 4 is 29.4 Å². The van der Waals surface area contributed by atoms with Gasteiger partial charge in [0.15, 0.2) is 5.65 Å². The highest BCUT2D eigenvalue weighted by molar-refractivity contribution is 5.85. The van der Waals surface area contributed by atoms with E-state index >= 15 is 0 Å². The smallest absolute Gasteiger partial charge is 0.350 e. The van der Waals surface area contributed by atoms with Crippen molar-refractivity contribution in [3.8, 4) is 0 Å². The number of hydrogen-bond acceptors (Lipinski definition) is 4. The number of nitrogen functional groups attached to an aromatic ring is 1. The summed E-state index contributed by atoms with van der Waals surface area (Å²) in [6.45, 7) is 0. The Bertz CT molecular complexity index is 623. The third-order valence-corrected chi connectivity index (χ3v) is 2.18. The van der Waals surface area contributed by atoms with Gasteiger partial charge in [-0.3, -0.25) is 9.13 Å². The quantitative estimate of drug-likeness (QED) is 0.605. The number of nitrogens with one attached hydrogen (secondary N) is 1. The molecule has 0 saturated heterocycles. The molecule has 0 spiro atoms. The third kappa shape index (κ3) is 1.40. The fourth-order valence-corrected chi connectivity index (χ4v) is 1.26. The zero-order chi connectivity index (χ0) is 10.5. The van der Waals surface area contributed by atoms with Crippen LogP contribution in [0.4, 0.5) is 5.82 Å². The van der Waals surface area contributed by atoms with Crippen molar-refractivity contribution in [2.24, 2.45) is 14.1 Å². The lowest BCUT2D eigenvalue weighted by Crippen LogP contribution is -2.23. The molecule has 82 valence electrons. The zero-order valence-corrected chi connectivity index (χ0v) is 8.96. The number of halogens is 1. The molecule has 0 aromatic carbocycles. The predicted octanol–water partition coefficient (Wildman–Crippen LogP) is -1.04. The van der Waals surface area contributed by atoms with Crippen LogP contribution in [0.3, 0.4) is 0 Å². The summed E-state index contributed by atoms with van der Waals surface area (Å²) in [4.78, 5) is 28.7. The molecule has 0 aliphatic heterocycles. The summed E-state index contributed by atoms with van der Waals surface area (Å²) >= 11 is 0. The number of imidazole rings is 1. The number of nitrogens with two attached hydrogens (primary N) is 1. The molecule has 3 N–H and O–H groups in total. The van der Waals surface area contributed by atoms with Crippen LogP contribution in [-0.4, -0.2) is 19.1 Å². The highest BCUT2D eigenvalue weighted by Crippen LogP contribution is 2.10. The van der Waals surface area contributed by atoms with E-state index in [4.69, 9.17) is 5.73 Å². The minimum absolute atomic E-state index is 0. The number of anilines is 1. The minimum Gasteiger partial charge on any atom is -0.383 e. The van der Waals surface area contributed by atoms with Crippen molar-refractivity contribution in [3.05, 3.63) is 21.0 Å². The molecule has 0 unspecified atom stereocenters. The van der Waals surface area contributed by atoms with Crippen LogP contribution < -0.4 is 17.1 Å². The topological polar surface area (TPSA) is 98.7 Å². The van der Waals surface area contributed by atoms with Gasteiger partial charge in [-0.25, -0.2) is 9.59 Å². The number of rotatable bonds is 0. The van der Waals surface area contributed by atoms with E-state index in [0.717, 1.165) is 0 Å². The third-order valence-electron chi connectivity index (χ3n) is 2.18. The number of H-pyrrole nitrogens is 1. The molecule has 0 amide bonds. The first-order valence-corrected chi connectivity index (χ1v) is 3.93. The van der Waals surface area contributed by atoms with Crippen molar-refractivity contribution in [1.29, 1.82) is 0 Å². The maximum Gasteiger partial charge on any atom is 0.350 e. The van der Waals surface area contributed by atoms with Crippen molar-refractivity contribution in [2.75, 3.05) is 5.73 Å². The zero-order valence-electron chi connectivity index (χ0n) is 8.14. The van der Waals surface area contributed by atoms with Gasteiger partial charge in [-0.1, -0.05) is 0 Å². The number of hydrogen-bond donors (Lipinski definition) is 2. The van der Waals surface area contributed by atoms with Crippen molar-refractivity contribution in [3.63, 3.8) is 0 Å². The molecule has 0 bridgehead atoms. The maximum absolute atomic E-state index is 11.3. The van der Waals surface area contributed by atoms with Gasteiger partial charge in [-0.2, -0.15) is 4.98 Å². The number of aromatic amines is 1. The highest BCUT2D eigenvalue weighted by Gasteiger charge is 2.11. The normalized spacial score (nSPS) is 10.3. The van der Waals surface area contributed by atoms with E-state index in [-0.39, 0.29) is 29.6 Å². The predicted molar refractivity (Wildman–Crippen MR) is 58.2 cm³/mol. The van der Waals surface area contributed by atoms with Crippen LogP contribution in [0, 0.1) is 0 Å². The van der Waals surface area contributed by atoms with E-state index in [9.17, 15) is 9.59 Å². The second kappa shape index (κ2) is 3.43. The van der Waals surface area contributed by atoms with Crippen molar-refractivity contribution in [1.82, 2.24) is 19.1 Å². The van der Waals surface area contributed by atoms with E-state index in [1.165, 1.54) is 23.2 Å². The van der Waals surface area contributed by atoms with E-state index in [1.807, 2.05) is 0 Å². The Kier molecular flexibility index (Phi) is 2.59. The Morgan fingerprint density at radius 2 is 1.87 bits per heavy atom. The lowest BCUT2D eigenvalue weighted by atomic mass is 10.5. The molecule has 8 heteroatoms. The van der Waals surface area contributed by atoms with Crippen LogP contribution in [0.1, 0.15) is 0 Å². The molecule has 15 heavy (non-hydrogen) atoms. The second-order valence-electron chi connectivity index (χ2n) is 3.03. The van der Waals surface area contributed by atoms with Gasteiger partial charge in [-0.05, 0) is 0 Å². The van der Waals surface area contributed by atoms with Crippen LogP contribution in [0.25, 0.3) is 11.2 Å². The van der Waals surface area contributed by atoms with Crippen LogP contribution in [0.2, 0.25) is 0 Å². The number of aryl methyl sites for hydroxylation is 1. The van der Waals surface area contributed by atoms with E-state index in [1.54, 1.807) is 0 Å². The average Bonchev–Trinajstić information content (AvgIpc) is 2.42. The molecule has 0 radical (unpaired) electrons. The molecule has 0 atom stereocenters. The van der Waals surface area contributed by atoms with Gasteiger partial charge in [0.05, 0.1) is 0 Å². The summed E-state index contributed by atoms with van der Waals surface area (Å²) in [5.41, 5.74) is 5.48. The fraction of sp³-hybridized carbons (Fsp3) is 0.286. The van der Waals surface area contributed by atoms with Crippen LogP contribution >= 0.6 is 12.4 Å². The lowest BCUT2D eigenvalue weighted by molar-refractivity contribution is 0.820. The standard InChI is InChI=1S/C7H9N5O2.ClH/c1-11-4(8)3-5(10-7(11)14)12(2)6(13)9-3;/h8H2,1-2H3,(H,9,13);1H. The highest BCUT2D eigenvalue weighted by atomic mass is 35.5. The number of fused-ring (bicyclic) bond motifs is 1. The van der Waals surface area contributed by atoms with E-state index in [2.05, 4.69) is 9.97 Å². The lowest BCUT2D eigenvalue weighted by Gasteiger charge is -2.01. The molecule has 2 aromatic rings.